The van der Waals surface area contributed by atoms with Crippen molar-refractivity contribution in [2.45, 2.75) is 45.6 Å². The molecule has 26 heavy (non-hydrogen) atoms. The van der Waals surface area contributed by atoms with Crippen LogP contribution in [0.25, 0.3) is 0 Å². The minimum atomic E-state index is -0.344. The van der Waals surface area contributed by atoms with Crippen molar-refractivity contribution in [3.63, 3.8) is 0 Å². The molecule has 1 heterocycles. The molecule has 0 aromatic heterocycles. The van der Waals surface area contributed by atoms with Crippen LogP contribution in [0.4, 0.5) is 5.69 Å². The molecule has 1 saturated heterocycles. The van der Waals surface area contributed by atoms with Gasteiger partial charge < -0.3 is 15.1 Å². The molecular weight excluding hydrogens is 324 g/mol. The van der Waals surface area contributed by atoms with Crippen molar-refractivity contribution in [2.75, 3.05) is 32.5 Å². The third-order valence-corrected chi connectivity index (χ3v) is 5.13. The van der Waals surface area contributed by atoms with E-state index < -0.39 is 0 Å². The van der Waals surface area contributed by atoms with E-state index in [-0.39, 0.29) is 11.5 Å². The fraction of sp³-hybridized carbons (Fsp3) is 0.524. The number of amides is 1. The summed E-state index contributed by atoms with van der Waals surface area (Å²) in [6.45, 7) is 8.25. The highest BCUT2D eigenvalue weighted by atomic mass is 16.1. The second-order valence-corrected chi connectivity index (χ2v) is 7.50. The van der Waals surface area contributed by atoms with Crippen LogP contribution >= 0.6 is 0 Å². The number of piperidine rings is 1. The largest absolute Gasteiger partial charge is 0.376 e. The van der Waals surface area contributed by atoms with Crippen molar-refractivity contribution in [1.82, 2.24) is 9.80 Å². The topological polar surface area (TPSA) is 59.4 Å². The first-order valence-corrected chi connectivity index (χ1v) is 9.26. The summed E-state index contributed by atoms with van der Waals surface area (Å²) in [6, 6.07) is 8.42. The number of benzene rings is 1. The third kappa shape index (κ3) is 4.86. The molecule has 0 aliphatic carbocycles. The predicted molar refractivity (Wildman–Crippen MR) is 106 cm³/mol. The number of nitrogens with zero attached hydrogens (tertiary/aromatic N) is 3. The number of carbonyl (C=O) groups is 1. The summed E-state index contributed by atoms with van der Waals surface area (Å²) in [5.74, 6) is -0.0508. The van der Waals surface area contributed by atoms with Crippen molar-refractivity contribution >= 4 is 11.6 Å². The summed E-state index contributed by atoms with van der Waals surface area (Å²) in [6.07, 6.45) is 3.77. The average Bonchev–Trinajstić information content (AvgIpc) is 2.61. The summed E-state index contributed by atoms with van der Waals surface area (Å²) in [7, 11) is 4.07. The highest BCUT2D eigenvalue weighted by Gasteiger charge is 2.21. The molecule has 0 radical (unpaired) electrons. The van der Waals surface area contributed by atoms with Gasteiger partial charge in [-0.25, -0.2) is 0 Å². The fourth-order valence-electron chi connectivity index (χ4n) is 3.37. The van der Waals surface area contributed by atoms with Gasteiger partial charge in [0.2, 0.25) is 0 Å². The van der Waals surface area contributed by atoms with E-state index in [9.17, 15) is 10.1 Å². The number of rotatable bonds is 5. The van der Waals surface area contributed by atoms with Crippen LogP contribution in [0, 0.1) is 18.3 Å². The van der Waals surface area contributed by atoms with Gasteiger partial charge in [0.05, 0.1) is 0 Å². The van der Waals surface area contributed by atoms with Crippen molar-refractivity contribution in [2.24, 2.45) is 0 Å². The zero-order valence-electron chi connectivity index (χ0n) is 16.5. The molecule has 0 saturated carbocycles. The highest BCUT2D eigenvalue weighted by Crippen LogP contribution is 2.27. The van der Waals surface area contributed by atoms with Gasteiger partial charge in [0.15, 0.2) is 0 Å². The van der Waals surface area contributed by atoms with Crippen LogP contribution in [0.15, 0.2) is 30.0 Å². The number of nitriles is 1. The maximum atomic E-state index is 12.7. The van der Waals surface area contributed by atoms with Crippen molar-refractivity contribution in [3.8, 4) is 6.07 Å². The van der Waals surface area contributed by atoms with Crippen LogP contribution in [0.2, 0.25) is 0 Å². The number of hydrogen-bond donors (Lipinski definition) is 1. The molecule has 0 atom stereocenters. The zero-order valence-corrected chi connectivity index (χ0v) is 16.5. The van der Waals surface area contributed by atoms with Crippen LogP contribution in [0.5, 0.6) is 0 Å². The van der Waals surface area contributed by atoms with E-state index in [0.29, 0.717) is 12.0 Å². The van der Waals surface area contributed by atoms with E-state index >= 15 is 0 Å². The van der Waals surface area contributed by atoms with Crippen LogP contribution in [-0.4, -0.2) is 48.9 Å². The lowest BCUT2D eigenvalue weighted by molar-refractivity contribution is -0.112. The highest BCUT2D eigenvalue weighted by molar-refractivity contribution is 6.07. The quantitative estimate of drug-likeness (QED) is 0.649. The number of hydrogen-bond acceptors (Lipinski definition) is 4. The minimum Gasteiger partial charge on any atom is -0.376 e. The maximum absolute atomic E-state index is 12.7. The molecule has 2 rings (SSSR count). The molecule has 1 aromatic carbocycles. The molecule has 1 aromatic rings. The second-order valence-electron chi connectivity index (χ2n) is 7.50. The Hall–Kier alpha value is -2.32. The number of carbonyl (C=O) groups excluding carboxylic acids is 1. The third-order valence-electron chi connectivity index (χ3n) is 5.13. The summed E-state index contributed by atoms with van der Waals surface area (Å²) < 4.78 is 0. The molecule has 5 heteroatoms. The molecular formula is C21H30N4O. The van der Waals surface area contributed by atoms with Crippen LogP contribution in [-0.2, 0) is 4.79 Å². The lowest BCUT2D eigenvalue weighted by Gasteiger charge is -2.34. The van der Waals surface area contributed by atoms with Crippen molar-refractivity contribution in [3.05, 3.63) is 41.1 Å². The number of anilines is 1. The summed E-state index contributed by atoms with van der Waals surface area (Å²) in [4.78, 5) is 17.0. The summed E-state index contributed by atoms with van der Waals surface area (Å²) >= 11 is 0. The Bertz CT molecular complexity index is 709. The minimum absolute atomic E-state index is 0.143. The Kier molecular flexibility index (Phi) is 6.82. The Morgan fingerprint density at radius 2 is 2.04 bits per heavy atom. The normalized spacial score (nSPS) is 16.4. The molecule has 0 bridgehead atoms. The SMILES string of the molecule is Cc1cccc(C(C)C)c1NC(=O)/C(C#N)=C\N(C)C1CCN(C)CC1. The van der Waals surface area contributed by atoms with Crippen LogP contribution in [0.1, 0.15) is 43.7 Å². The number of para-hydroxylation sites is 1. The second kappa shape index (κ2) is 8.86. The van der Waals surface area contributed by atoms with Gasteiger partial charge in [-0.1, -0.05) is 32.0 Å². The summed E-state index contributed by atoms with van der Waals surface area (Å²) in [5.41, 5.74) is 3.05. The lowest BCUT2D eigenvalue weighted by Crippen LogP contribution is -2.40. The molecule has 1 amide bonds. The van der Waals surface area contributed by atoms with E-state index in [1.807, 2.05) is 37.1 Å². The van der Waals surface area contributed by atoms with Crippen molar-refractivity contribution in [1.29, 1.82) is 5.26 Å². The molecule has 0 unspecified atom stereocenters. The first kappa shape index (κ1) is 20.0. The lowest BCUT2D eigenvalue weighted by atomic mass is 9.98. The molecule has 1 N–H and O–H groups in total. The van der Waals surface area contributed by atoms with E-state index in [4.69, 9.17) is 0 Å². The van der Waals surface area contributed by atoms with Gasteiger partial charge in [-0.3, -0.25) is 4.79 Å². The molecule has 1 fully saturated rings. The Morgan fingerprint density at radius 3 is 2.62 bits per heavy atom. The van der Waals surface area contributed by atoms with E-state index in [1.54, 1.807) is 6.20 Å². The van der Waals surface area contributed by atoms with Gasteiger partial charge in [0.1, 0.15) is 11.6 Å². The van der Waals surface area contributed by atoms with Gasteiger partial charge in [0, 0.05) is 25.0 Å². The summed E-state index contributed by atoms with van der Waals surface area (Å²) in [5, 5.41) is 12.5. The van der Waals surface area contributed by atoms with Gasteiger partial charge >= 0.3 is 0 Å². The monoisotopic (exact) mass is 354 g/mol. The Morgan fingerprint density at radius 1 is 1.38 bits per heavy atom. The smallest absolute Gasteiger partial charge is 0.267 e. The van der Waals surface area contributed by atoms with Crippen LogP contribution < -0.4 is 5.32 Å². The molecule has 1 aliphatic rings. The van der Waals surface area contributed by atoms with E-state index in [1.165, 1.54) is 0 Å². The fourth-order valence-corrected chi connectivity index (χ4v) is 3.37. The van der Waals surface area contributed by atoms with E-state index in [0.717, 1.165) is 42.7 Å². The predicted octanol–water partition coefficient (Wildman–Crippen LogP) is 3.49. The average molecular weight is 354 g/mol. The first-order chi connectivity index (χ1) is 12.3. The Balaban J connectivity index is 2.16. The molecule has 0 spiro atoms. The molecule has 140 valence electrons. The van der Waals surface area contributed by atoms with Crippen molar-refractivity contribution < 1.29 is 4.79 Å². The number of nitrogens with one attached hydrogen (secondary N) is 1. The first-order valence-electron chi connectivity index (χ1n) is 9.26. The number of likely N-dealkylation sites (tertiary alicyclic amines) is 1. The van der Waals surface area contributed by atoms with Gasteiger partial charge in [-0.2, -0.15) is 5.26 Å². The zero-order chi connectivity index (χ0) is 19.3. The number of aryl methyl sites for hydroxylation is 1. The van der Waals surface area contributed by atoms with Gasteiger partial charge in [0.25, 0.3) is 5.91 Å². The van der Waals surface area contributed by atoms with Gasteiger partial charge in [-0.05, 0) is 56.9 Å². The molecule has 1 aliphatic heterocycles. The maximum Gasteiger partial charge on any atom is 0.267 e. The van der Waals surface area contributed by atoms with Gasteiger partial charge in [-0.15, -0.1) is 0 Å². The molecule has 5 nitrogen and oxygen atoms in total. The Labute approximate surface area is 157 Å². The van der Waals surface area contributed by atoms with Crippen LogP contribution in [0.3, 0.4) is 0 Å². The van der Waals surface area contributed by atoms with E-state index in [2.05, 4.69) is 37.2 Å². The standard InChI is InChI=1S/C21H30N4O/c1-15(2)19-8-6-7-16(3)20(19)23-21(26)17(13-22)14-25(5)18-9-11-24(4)12-10-18/h6-8,14-15,18H,9-12H2,1-5H3,(H,23,26)/b17-14-.